The number of hydrazine groups is 1. The Bertz CT molecular complexity index is 736. The van der Waals surface area contributed by atoms with Crippen molar-refractivity contribution in [3.63, 3.8) is 0 Å². The summed E-state index contributed by atoms with van der Waals surface area (Å²) in [5, 5.41) is 1.14. The summed E-state index contributed by atoms with van der Waals surface area (Å²) in [6.45, 7) is 2.10. The fraction of sp³-hybridized carbons (Fsp3) is 0.118. The second-order valence-electron chi connectivity index (χ2n) is 4.77. The minimum atomic E-state index is 0.757. The standard InChI is InChI=1S/C17H17N3/c1-2-12-10-15-11-14(13-6-4-3-5-7-13)8-9-16(15)19-17(12)20-18/h3-11H,2,18H2,1H3,(H,19,20). The van der Waals surface area contributed by atoms with E-state index in [1.807, 2.05) is 12.1 Å². The van der Waals surface area contributed by atoms with Gasteiger partial charge in [-0.05, 0) is 41.3 Å². The van der Waals surface area contributed by atoms with Crippen LogP contribution >= 0.6 is 0 Å². The van der Waals surface area contributed by atoms with Crippen molar-refractivity contribution in [3.05, 3.63) is 60.2 Å². The van der Waals surface area contributed by atoms with Gasteiger partial charge in [0.25, 0.3) is 0 Å². The van der Waals surface area contributed by atoms with Crippen molar-refractivity contribution in [1.29, 1.82) is 0 Å². The summed E-state index contributed by atoms with van der Waals surface area (Å²) in [6.07, 6.45) is 0.901. The quantitative estimate of drug-likeness (QED) is 0.559. The number of nitrogens with two attached hydrogens (primary N) is 1. The van der Waals surface area contributed by atoms with E-state index in [1.165, 1.54) is 11.1 Å². The van der Waals surface area contributed by atoms with Crippen molar-refractivity contribution < 1.29 is 0 Å². The van der Waals surface area contributed by atoms with Crippen LogP contribution in [0.15, 0.2) is 54.6 Å². The van der Waals surface area contributed by atoms with Gasteiger partial charge in [0.15, 0.2) is 0 Å². The van der Waals surface area contributed by atoms with Crippen LogP contribution in [0.4, 0.5) is 5.82 Å². The number of nitrogens with one attached hydrogen (secondary N) is 1. The summed E-state index contributed by atoms with van der Waals surface area (Å²) in [5.74, 6) is 6.28. The molecule has 100 valence electrons. The molecule has 3 aromatic rings. The summed E-state index contributed by atoms with van der Waals surface area (Å²) < 4.78 is 0. The van der Waals surface area contributed by atoms with Crippen LogP contribution in [0.3, 0.4) is 0 Å². The number of pyridine rings is 1. The Morgan fingerprint density at radius 3 is 2.50 bits per heavy atom. The normalized spacial score (nSPS) is 10.7. The van der Waals surface area contributed by atoms with E-state index in [-0.39, 0.29) is 0 Å². The number of rotatable bonds is 3. The van der Waals surface area contributed by atoms with Crippen LogP contribution in [0.5, 0.6) is 0 Å². The Morgan fingerprint density at radius 1 is 1.00 bits per heavy atom. The third kappa shape index (κ3) is 2.24. The molecule has 0 aliphatic rings. The molecule has 0 bridgehead atoms. The highest BCUT2D eigenvalue weighted by atomic mass is 15.2. The molecule has 0 fully saturated rings. The molecule has 3 rings (SSSR count). The molecule has 3 N–H and O–H groups in total. The monoisotopic (exact) mass is 263 g/mol. The van der Waals surface area contributed by atoms with Gasteiger partial charge in [0.05, 0.1) is 5.52 Å². The molecule has 0 spiro atoms. The molecule has 0 radical (unpaired) electrons. The molecule has 1 aromatic heterocycles. The van der Waals surface area contributed by atoms with Crippen molar-refractivity contribution in [2.75, 3.05) is 5.43 Å². The van der Waals surface area contributed by atoms with Crippen molar-refractivity contribution in [1.82, 2.24) is 4.98 Å². The van der Waals surface area contributed by atoms with Crippen LogP contribution in [-0.4, -0.2) is 4.98 Å². The van der Waals surface area contributed by atoms with Gasteiger partial charge in [0, 0.05) is 5.39 Å². The average molecular weight is 263 g/mol. The van der Waals surface area contributed by atoms with Crippen LogP contribution in [0, 0.1) is 0 Å². The van der Waals surface area contributed by atoms with Crippen molar-refractivity contribution in [2.24, 2.45) is 5.84 Å². The molecule has 3 heteroatoms. The Labute approximate surface area is 118 Å². The highest BCUT2D eigenvalue weighted by Crippen LogP contribution is 2.26. The fourth-order valence-corrected chi connectivity index (χ4v) is 2.42. The summed E-state index contributed by atoms with van der Waals surface area (Å²) in [4.78, 5) is 4.56. The first-order chi connectivity index (χ1) is 9.81. The zero-order valence-electron chi connectivity index (χ0n) is 11.4. The number of nitrogens with zero attached hydrogens (tertiary/aromatic N) is 1. The molecule has 0 aliphatic heterocycles. The van der Waals surface area contributed by atoms with Crippen molar-refractivity contribution in [2.45, 2.75) is 13.3 Å². The molecule has 0 amide bonds. The van der Waals surface area contributed by atoms with Crippen LogP contribution in [0.2, 0.25) is 0 Å². The Kier molecular flexibility index (Phi) is 3.35. The highest BCUT2D eigenvalue weighted by Gasteiger charge is 2.06. The number of aromatic nitrogens is 1. The zero-order valence-corrected chi connectivity index (χ0v) is 11.4. The summed E-state index contributed by atoms with van der Waals surface area (Å²) >= 11 is 0. The molecule has 0 saturated heterocycles. The molecular formula is C17H17N3. The molecule has 0 aliphatic carbocycles. The SMILES string of the molecule is CCc1cc2cc(-c3ccccc3)ccc2nc1NN. The average Bonchev–Trinajstić information content (AvgIpc) is 2.53. The van der Waals surface area contributed by atoms with Gasteiger partial charge in [-0.1, -0.05) is 43.3 Å². The van der Waals surface area contributed by atoms with Crippen LogP contribution in [0.25, 0.3) is 22.0 Å². The van der Waals surface area contributed by atoms with Crippen molar-refractivity contribution in [3.8, 4) is 11.1 Å². The van der Waals surface area contributed by atoms with E-state index in [1.54, 1.807) is 0 Å². The number of benzene rings is 2. The molecule has 1 heterocycles. The van der Waals surface area contributed by atoms with Gasteiger partial charge in [0.2, 0.25) is 0 Å². The first kappa shape index (κ1) is 12.6. The predicted molar refractivity (Wildman–Crippen MR) is 84.4 cm³/mol. The number of hydrogen-bond donors (Lipinski definition) is 2. The zero-order chi connectivity index (χ0) is 13.9. The van der Waals surface area contributed by atoms with Gasteiger partial charge in [-0.3, -0.25) is 0 Å². The maximum absolute atomic E-state index is 5.53. The highest BCUT2D eigenvalue weighted by molar-refractivity contribution is 5.86. The van der Waals surface area contributed by atoms with Gasteiger partial charge >= 0.3 is 0 Å². The second kappa shape index (κ2) is 5.31. The lowest BCUT2D eigenvalue weighted by Crippen LogP contribution is -2.11. The smallest absolute Gasteiger partial charge is 0.143 e. The Balaban J connectivity index is 2.16. The Morgan fingerprint density at radius 2 is 1.80 bits per heavy atom. The number of anilines is 1. The van der Waals surface area contributed by atoms with Crippen LogP contribution in [-0.2, 0) is 6.42 Å². The lowest BCUT2D eigenvalue weighted by molar-refractivity contribution is 1.10. The van der Waals surface area contributed by atoms with E-state index in [4.69, 9.17) is 5.84 Å². The third-order valence-corrected chi connectivity index (χ3v) is 3.52. The van der Waals surface area contributed by atoms with Gasteiger partial charge in [-0.25, -0.2) is 10.8 Å². The Hall–Kier alpha value is -2.39. The van der Waals surface area contributed by atoms with E-state index < -0.39 is 0 Å². The second-order valence-corrected chi connectivity index (χ2v) is 4.77. The predicted octanol–water partition coefficient (Wildman–Crippen LogP) is 3.75. The van der Waals surface area contributed by atoms with Gasteiger partial charge in [-0.2, -0.15) is 0 Å². The third-order valence-electron chi connectivity index (χ3n) is 3.52. The molecular weight excluding hydrogens is 246 g/mol. The van der Waals surface area contributed by atoms with E-state index in [9.17, 15) is 0 Å². The van der Waals surface area contributed by atoms with Gasteiger partial charge < -0.3 is 5.43 Å². The topological polar surface area (TPSA) is 50.9 Å². The fourth-order valence-electron chi connectivity index (χ4n) is 2.42. The minimum absolute atomic E-state index is 0.757. The van der Waals surface area contributed by atoms with Crippen LogP contribution < -0.4 is 11.3 Å². The molecule has 0 atom stereocenters. The van der Waals surface area contributed by atoms with E-state index in [0.717, 1.165) is 28.7 Å². The van der Waals surface area contributed by atoms with Crippen molar-refractivity contribution >= 4 is 16.7 Å². The molecule has 0 saturated carbocycles. The molecule has 0 unspecified atom stereocenters. The maximum Gasteiger partial charge on any atom is 0.143 e. The number of nitrogen functional groups attached to an aromatic ring is 1. The van der Waals surface area contributed by atoms with E-state index in [2.05, 4.69) is 59.8 Å². The number of hydrogen-bond acceptors (Lipinski definition) is 3. The first-order valence-corrected chi connectivity index (χ1v) is 6.77. The lowest BCUT2D eigenvalue weighted by atomic mass is 10.0. The number of aryl methyl sites for hydroxylation is 1. The minimum Gasteiger partial charge on any atom is -0.308 e. The summed E-state index contributed by atoms with van der Waals surface area (Å²) in [5.41, 5.74) is 7.18. The van der Waals surface area contributed by atoms with Gasteiger partial charge in [-0.15, -0.1) is 0 Å². The van der Waals surface area contributed by atoms with E-state index >= 15 is 0 Å². The lowest BCUT2D eigenvalue weighted by Gasteiger charge is -2.09. The number of fused-ring (bicyclic) bond motifs is 1. The van der Waals surface area contributed by atoms with E-state index in [0.29, 0.717) is 0 Å². The molecule has 3 nitrogen and oxygen atoms in total. The molecule has 20 heavy (non-hydrogen) atoms. The van der Waals surface area contributed by atoms with Gasteiger partial charge in [0.1, 0.15) is 5.82 Å². The van der Waals surface area contributed by atoms with Crippen LogP contribution in [0.1, 0.15) is 12.5 Å². The summed E-state index contributed by atoms with van der Waals surface area (Å²) in [6, 6.07) is 18.8. The maximum atomic E-state index is 5.53. The first-order valence-electron chi connectivity index (χ1n) is 6.77. The largest absolute Gasteiger partial charge is 0.308 e. The summed E-state index contributed by atoms with van der Waals surface area (Å²) in [7, 11) is 0. The molecule has 2 aromatic carbocycles.